The molecule has 18 heavy (non-hydrogen) atoms. The summed E-state index contributed by atoms with van der Waals surface area (Å²) in [5.74, 6) is 1.67. The maximum atomic E-state index is 9.55. The van der Waals surface area contributed by atoms with Crippen molar-refractivity contribution in [2.45, 2.75) is 38.3 Å². The lowest BCUT2D eigenvalue weighted by Gasteiger charge is -2.29. The molecule has 98 valence electrons. The van der Waals surface area contributed by atoms with Crippen LogP contribution < -0.4 is 10.1 Å². The third kappa shape index (κ3) is 2.25. The molecule has 1 unspecified atom stereocenters. The second-order valence-corrected chi connectivity index (χ2v) is 5.74. The second kappa shape index (κ2) is 4.56. The highest BCUT2D eigenvalue weighted by Crippen LogP contribution is 2.39. The van der Waals surface area contributed by atoms with Crippen molar-refractivity contribution >= 4 is 0 Å². The summed E-state index contributed by atoms with van der Waals surface area (Å²) in [4.78, 5) is 0. The van der Waals surface area contributed by atoms with Crippen LogP contribution in [0.15, 0.2) is 18.2 Å². The summed E-state index contributed by atoms with van der Waals surface area (Å²) < 4.78 is 5.51. The van der Waals surface area contributed by atoms with Crippen LogP contribution in [0.1, 0.15) is 30.9 Å². The van der Waals surface area contributed by atoms with Crippen LogP contribution >= 0.6 is 0 Å². The van der Waals surface area contributed by atoms with Gasteiger partial charge in [-0.15, -0.1) is 0 Å². The molecule has 1 heterocycles. The second-order valence-electron chi connectivity index (χ2n) is 5.74. The highest BCUT2D eigenvalue weighted by atomic mass is 16.5. The van der Waals surface area contributed by atoms with Crippen molar-refractivity contribution in [3.05, 3.63) is 29.3 Å². The molecule has 0 amide bonds. The largest absolute Gasteiger partial charge is 0.493 e. The molecule has 1 saturated carbocycles. The maximum absolute atomic E-state index is 9.55. The van der Waals surface area contributed by atoms with Crippen molar-refractivity contribution in [3.8, 4) is 5.75 Å². The smallest absolute Gasteiger partial charge is 0.122 e. The summed E-state index contributed by atoms with van der Waals surface area (Å²) in [6, 6.07) is 6.40. The van der Waals surface area contributed by atoms with Crippen molar-refractivity contribution in [2.75, 3.05) is 13.2 Å². The van der Waals surface area contributed by atoms with E-state index in [1.165, 1.54) is 24.0 Å². The Labute approximate surface area is 108 Å². The van der Waals surface area contributed by atoms with Crippen molar-refractivity contribution < 1.29 is 9.84 Å². The van der Waals surface area contributed by atoms with E-state index in [0.717, 1.165) is 25.3 Å². The van der Waals surface area contributed by atoms with Crippen LogP contribution in [0.5, 0.6) is 5.75 Å². The predicted octanol–water partition coefficient (Wildman–Crippen LogP) is 1.87. The molecular formula is C15H21NO2. The van der Waals surface area contributed by atoms with E-state index in [1.807, 2.05) is 0 Å². The van der Waals surface area contributed by atoms with Gasteiger partial charge in [0.15, 0.2) is 0 Å². The average molecular weight is 247 g/mol. The molecule has 1 atom stereocenters. The molecule has 0 spiro atoms. The van der Waals surface area contributed by atoms with Crippen molar-refractivity contribution in [1.82, 2.24) is 5.32 Å². The molecule has 1 aromatic carbocycles. The number of nitrogens with one attached hydrogen (secondary N) is 1. The molecule has 0 aromatic heterocycles. The zero-order valence-electron chi connectivity index (χ0n) is 10.9. The van der Waals surface area contributed by atoms with E-state index in [1.54, 1.807) is 0 Å². The van der Waals surface area contributed by atoms with Gasteiger partial charge in [0.05, 0.1) is 13.2 Å². The van der Waals surface area contributed by atoms with Crippen LogP contribution in [0.4, 0.5) is 0 Å². The van der Waals surface area contributed by atoms with Gasteiger partial charge in [-0.05, 0) is 42.9 Å². The Hall–Kier alpha value is -1.06. The van der Waals surface area contributed by atoms with Gasteiger partial charge in [-0.3, -0.25) is 0 Å². The first-order valence-corrected chi connectivity index (χ1v) is 6.82. The molecule has 0 saturated heterocycles. The minimum atomic E-state index is -0.116. The molecule has 2 aliphatic rings. The van der Waals surface area contributed by atoms with Crippen LogP contribution in [0.2, 0.25) is 0 Å². The first-order valence-electron chi connectivity index (χ1n) is 6.82. The van der Waals surface area contributed by atoms with E-state index in [-0.39, 0.29) is 12.1 Å². The van der Waals surface area contributed by atoms with Gasteiger partial charge >= 0.3 is 0 Å². The minimum Gasteiger partial charge on any atom is -0.493 e. The van der Waals surface area contributed by atoms with Crippen LogP contribution in [0.25, 0.3) is 0 Å². The van der Waals surface area contributed by atoms with E-state index >= 15 is 0 Å². The molecule has 0 bridgehead atoms. The van der Waals surface area contributed by atoms with Gasteiger partial charge in [0, 0.05) is 18.5 Å². The quantitative estimate of drug-likeness (QED) is 0.834. The number of benzene rings is 1. The molecule has 3 nitrogen and oxygen atoms in total. The summed E-state index contributed by atoms with van der Waals surface area (Å²) in [7, 11) is 0. The van der Waals surface area contributed by atoms with E-state index in [2.05, 4.69) is 30.4 Å². The highest BCUT2D eigenvalue weighted by Gasteiger charge is 2.40. The Morgan fingerprint density at radius 2 is 2.28 bits per heavy atom. The lowest BCUT2D eigenvalue weighted by Crippen LogP contribution is -2.47. The molecule has 3 rings (SSSR count). The fraction of sp³-hybridized carbons (Fsp3) is 0.600. The lowest BCUT2D eigenvalue weighted by atomic mass is 9.96. The monoisotopic (exact) mass is 247 g/mol. The number of rotatable bonds is 5. The molecular weight excluding hydrogens is 226 g/mol. The van der Waals surface area contributed by atoms with Gasteiger partial charge in [0.2, 0.25) is 0 Å². The third-order valence-corrected chi connectivity index (χ3v) is 4.26. The fourth-order valence-corrected chi connectivity index (χ4v) is 2.70. The Balaban J connectivity index is 1.66. The van der Waals surface area contributed by atoms with Crippen LogP contribution in [0, 0.1) is 5.92 Å². The van der Waals surface area contributed by atoms with Gasteiger partial charge in [0.25, 0.3) is 0 Å². The van der Waals surface area contributed by atoms with Crippen LogP contribution in [-0.4, -0.2) is 23.9 Å². The number of aliphatic hydroxyl groups excluding tert-OH is 1. The predicted molar refractivity (Wildman–Crippen MR) is 70.7 cm³/mol. The Bertz CT molecular complexity index is 442. The first-order chi connectivity index (χ1) is 8.71. The van der Waals surface area contributed by atoms with E-state index in [4.69, 9.17) is 4.74 Å². The van der Waals surface area contributed by atoms with E-state index in [0.29, 0.717) is 5.92 Å². The van der Waals surface area contributed by atoms with Crippen molar-refractivity contribution in [3.63, 3.8) is 0 Å². The number of aliphatic hydroxyl groups is 1. The van der Waals surface area contributed by atoms with Crippen molar-refractivity contribution in [1.29, 1.82) is 0 Å². The van der Waals surface area contributed by atoms with Gasteiger partial charge in [-0.2, -0.15) is 0 Å². The first kappa shape index (κ1) is 12.0. The van der Waals surface area contributed by atoms with E-state index < -0.39 is 0 Å². The SMILES string of the molecule is CC(CO)(NCc1ccc2c(c1)CCO2)C1CC1. The van der Waals surface area contributed by atoms with Gasteiger partial charge < -0.3 is 15.2 Å². The molecule has 1 aromatic rings. The maximum Gasteiger partial charge on any atom is 0.122 e. The number of hydrogen-bond acceptors (Lipinski definition) is 3. The Kier molecular flexibility index (Phi) is 3.04. The Morgan fingerprint density at radius 1 is 1.44 bits per heavy atom. The summed E-state index contributed by atoms with van der Waals surface area (Å²) >= 11 is 0. The van der Waals surface area contributed by atoms with Gasteiger partial charge in [-0.1, -0.05) is 12.1 Å². The summed E-state index contributed by atoms with van der Waals surface area (Å²) in [6.45, 7) is 3.97. The summed E-state index contributed by atoms with van der Waals surface area (Å²) in [5.41, 5.74) is 2.47. The zero-order chi connectivity index (χ0) is 12.6. The Morgan fingerprint density at radius 3 is 3.00 bits per heavy atom. The zero-order valence-corrected chi connectivity index (χ0v) is 10.9. The molecule has 3 heteroatoms. The fourth-order valence-electron chi connectivity index (χ4n) is 2.70. The molecule has 2 N–H and O–H groups in total. The topological polar surface area (TPSA) is 41.5 Å². The minimum absolute atomic E-state index is 0.116. The number of hydrogen-bond donors (Lipinski definition) is 2. The molecule has 1 fully saturated rings. The van der Waals surface area contributed by atoms with Crippen LogP contribution in [-0.2, 0) is 13.0 Å². The molecule has 1 aliphatic heterocycles. The normalized spacial score (nSPS) is 21.2. The number of ether oxygens (including phenoxy) is 1. The third-order valence-electron chi connectivity index (χ3n) is 4.26. The van der Waals surface area contributed by atoms with Gasteiger partial charge in [0.1, 0.15) is 5.75 Å². The molecule has 1 aliphatic carbocycles. The summed E-state index contributed by atoms with van der Waals surface area (Å²) in [6.07, 6.45) is 3.49. The standard InChI is InChI=1S/C15H21NO2/c1-15(10-17,13-3-4-13)16-9-11-2-5-14-12(8-11)6-7-18-14/h2,5,8,13,16-17H,3-4,6-7,9-10H2,1H3. The lowest BCUT2D eigenvalue weighted by molar-refractivity contribution is 0.153. The van der Waals surface area contributed by atoms with Crippen molar-refractivity contribution in [2.24, 2.45) is 5.92 Å². The number of fused-ring (bicyclic) bond motifs is 1. The van der Waals surface area contributed by atoms with Gasteiger partial charge in [-0.25, -0.2) is 0 Å². The summed E-state index contributed by atoms with van der Waals surface area (Å²) in [5, 5.41) is 13.1. The van der Waals surface area contributed by atoms with E-state index in [9.17, 15) is 5.11 Å². The van der Waals surface area contributed by atoms with Crippen LogP contribution in [0.3, 0.4) is 0 Å². The highest BCUT2D eigenvalue weighted by molar-refractivity contribution is 5.39. The average Bonchev–Trinajstić information content (AvgIpc) is 3.15. The molecule has 0 radical (unpaired) electrons.